The van der Waals surface area contributed by atoms with Crippen molar-refractivity contribution in [2.24, 2.45) is 0 Å². The summed E-state index contributed by atoms with van der Waals surface area (Å²) in [5, 5.41) is 11.1. The van der Waals surface area contributed by atoms with Crippen LogP contribution in [0.5, 0.6) is 0 Å². The molecule has 1 aromatic heterocycles. The Morgan fingerprint density at radius 3 is 3.08 bits per heavy atom. The summed E-state index contributed by atoms with van der Waals surface area (Å²) in [7, 11) is -1.26. The molecule has 0 fully saturated rings. The van der Waals surface area contributed by atoms with Crippen LogP contribution in [0.3, 0.4) is 0 Å². The molecule has 0 aromatic carbocycles. The Morgan fingerprint density at radius 2 is 2.62 bits per heavy atom. The maximum atomic E-state index is 10.6. The van der Waals surface area contributed by atoms with Gasteiger partial charge in [-0.1, -0.05) is 0 Å². The van der Waals surface area contributed by atoms with Gasteiger partial charge in [0, 0.05) is 12.6 Å². The van der Waals surface area contributed by atoms with Gasteiger partial charge in [0.25, 0.3) is 0 Å². The zero-order chi connectivity index (χ0) is 9.68. The van der Waals surface area contributed by atoms with Crippen molar-refractivity contribution in [3.05, 3.63) is 18.2 Å². The van der Waals surface area contributed by atoms with Crippen LogP contribution < -0.4 is 5.09 Å². The standard InChI is InChI=1S/C6H10N3O3P/c10-6(11)5(9-13-12)1-4-2-7-3-8-4/h2-3,5H,1,13H2,(H,7,8)(H,9,12)(H,10,11). The quantitative estimate of drug-likeness (QED) is 0.569. The molecule has 0 radical (unpaired) electrons. The van der Waals surface area contributed by atoms with E-state index in [0.717, 1.165) is 0 Å². The Bertz CT molecular complexity index is 287. The zero-order valence-corrected chi connectivity index (χ0v) is 7.88. The summed E-state index contributed by atoms with van der Waals surface area (Å²) >= 11 is 0. The van der Waals surface area contributed by atoms with Crippen molar-refractivity contribution in [1.82, 2.24) is 15.1 Å². The summed E-state index contributed by atoms with van der Waals surface area (Å²) in [6, 6.07) is -0.823. The second-order valence-electron chi connectivity index (χ2n) is 2.44. The molecule has 2 atom stereocenters. The van der Waals surface area contributed by atoms with E-state index in [4.69, 9.17) is 5.11 Å². The van der Waals surface area contributed by atoms with Gasteiger partial charge in [-0.2, -0.15) is 0 Å². The van der Waals surface area contributed by atoms with E-state index in [2.05, 4.69) is 15.1 Å². The molecule has 0 aliphatic heterocycles. The number of rotatable bonds is 5. The molecule has 0 spiro atoms. The van der Waals surface area contributed by atoms with Gasteiger partial charge in [0.15, 0.2) is 0 Å². The number of carboxylic acid groups (broad SMARTS) is 1. The minimum Gasteiger partial charge on any atom is -0.480 e. The predicted molar refractivity (Wildman–Crippen MR) is 47.2 cm³/mol. The summed E-state index contributed by atoms with van der Waals surface area (Å²) in [6.45, 7) is 0. The van der Waals surface area contributed by atoms with E-state index in [1.807, 2.05) is 0 Å². The fourth-order valence-corrected chi connectivity index (χ4v) is 1.34. The number of carboxylic acids is 1. The third-order valence-electron chi connectivity index (χ3n) is 1.54. The van der Waals surface area contributed by atoms with Gasteiger partial charge in [-0.3, -0.25) is 9.88 Å². The molecule has 3 N–H and O–H groups in total. The van der Waals surface area contributed by atoms with E-state index in [0.29, 0.717) is 5.69 Å². The molecule has 0 aliphatic rings. The van der Waals surface area contributed by atoms with Crippen molar-refractivity contribution >= 4 is 14.6 Å². The smallest absolute Gasteiger partial charge is 0.321 e. The Hall–Kier alpha value is -1.13. The molecule has 0 saturated heterocycles. The van der Waals surface area contributed by atoms with Crippen LogP contribution in [0.15, 0.2) is 12.5 Å². The van der Waals surface area contributed by atoms with Crippen LogP contribution in [0, 0.1) is 0 Å². The molecule has 0 amide bonds. The first-order chi connectivity index (χ1) is 6.24. The molecule has 6 nitrogen and oxygen atoms in total. The number of H-pyrrole nitrogens is 1. The minimum absolute atomic E-state index is 0.230. The Kier molecular flexibility index (Phi) is 3.67. The lowest BCUT2D eigenvalue weighted by Crippen LogP contribution is -2.32. The van der Waals surface area contributed by atoms with Crippen LogP contribution in [0.1, 0.15) is 5.69 Å². The Labute approximate surface area is 75.6 Å². The van der Waals surface area contributed by atoms with Gasteiger partial charge in [0.1, 0.15) is 14.7 Å². The fraction of sp³-hybridized carbons (Fsp3) is 0.333. The van der Waals surface area contributed by atoms with E-state index in [1.54, 1.807) is 6.20 Å². The SMILES string of the molecule is O=[PH2]NC(Cc1c[nH]cn1)C(=O)O. The second kappa shape index (κ2) is 4.79. The summed E-state index contributed by atoms with van der Waals surface area (Å²) < 4.78 is 10.3. The number of aliphatic carboxylic acids is 1. The number of carbonyl (C=O) groups is 1. The number of imidazole rings is 1. The molecule has 0 aliphatic carbocycles. The highest BCUT2D eigenvalue weighted by Gasteiger charge is 2.17. The number of aromatic nitrogens is 2. The van der Waals surface area contributed by atoms with Crippen LogP contribution in [0.25, 0.3) is 0 Å². The molecule has 0 bridgehead atoms. The molecular formula is C6H10N3O3P. The first-order valence-corrected chi connectivity index (χ1v) is 4.69. The summed E-state index contributed by atoms with van der Waals surface area (Å²) in [6.07, 6.45) is 3.31. The third-order valence-corrected chi connectivity index (χ3v) is 2.07. The zero-order valence-electron chi connectivity index (χ0n) is 6.73. The van der Waals surface area contributed by atoms with Gasteiger partial charge in [-0.15, -0.1) is 0 Å². The van der Waals surface area contributed by atoms with Crippen LogP contribution >= 0.6 is 8.61 Å². The molecule has 1 heterocycles. The largest absolute Gasteiger partial charge is 0.480 e. The van der Waals surface area contributed by atoms with E-state index in [1.165, 1.54) is 6.33 Å². The van der Waals surface area contributed by atoms with Crippen LogP contribution in [0.4, 0.5) is 0 Å². The monoisotopic (exact) mass is 203 g/mol. The van der Waals surface area contributed by atoms with Gasteiger partial charge < -0.3 is 14.7 Å². The van der Waals surface area contributed by atoms with Crippen molar-refractivity contribution in [2.75, 3.05) is 0 Å². The molecule has 1 rings (SSSR count). The summed E-state index contributed by atoms with van der Waals surface area (Å²) in [4.78, 5) is 17.2. The Morgan fingerprint density at radius 1 is 1.85 bits per heavy atom. The third kappa shape index (κ3) is 3.01. The molecule has 7 heteroatoms. The van der Waals surface area contributed by atoms with Crippen LogP contribution in [-0.4, -0.2) is 27.1 Å². The number of nitrogens with one attached hydrogen (secondary N) is 2. The molecule has 72 valence electrons. The lowest BCUT2D eigenvalue weighted by molar-refractivity contribution is -0.138. The van der Waals surface area contributed by atoms with E-state index >= 15 is 0 Å². The highest BCUT2D eigenvalue weighted by atomic mass is 31.1. The lowest BCUT2D eigenvalue weighted by atomic mass is 10.2. The number of nitrogens with zero attached hydrogens (tertiary/aromatic N) is 1. The van der Waals surface area contributed by atoms with E-state index in [-0.39, 0.29) is 6.42 Å². The second-order valence-corrected chi connectivity index (χ2v) is 3.01. The first-order valence-electron chi connectivity index (χ1n) is 3.64. The van der Waals surface area contributed by atoms with Gasteiger partial charge in [-0.05, 0) is 0 Å². The van der Waals surface area contributed by atoms with Crippen molar-refractivity contribution in [2.45, 2.75) is 12.5 Å². The van der Waals surface area contributed by atoms with Crippen molar-refractivity contribution in [3.8, 4) is 0 Å². The number of aromatic amines is 1. The summed E-state index contributed by atoms with van der Waals surface area (Å²) in [5.74, 6) is -1.02. The van der Waals surface area contributed by atoms with Gasteiger partial charge in [0.2, 0.25) is 0 Å². The highest BCUT2D eigenvalue weighted by molar-refractivity contribution is 7.21. The summed E-state index contributed by atoms with van der Waals surface area (Å²) in [5.41, 5.74) is 0.632. The minimum atomic E-state index is -1.26. The van der Waals surface area contributed by atoms with Gasteiger partial charge >= 0.3 is 5.97 Å². The van der Waals surface area contributed by atoms with E-state index in [9.17, 15) is 9.36 Å². The first kappa shape index (κ1) is 9.95. The number of hydrogen-bond acceptors (Lipinski definition) is 3. The highest BCUT2D eigenvalue weighted by Crippen LogP contribution is 2.01. The fourth-order valence-electron chi connectivity index (χ4n) is 0.911. The van der Waals surface area contributed by atoms with Crippen molar-refractivity contribution < 1.29 is 14.5 Å². The van der Waals surface area contributed by atoms with Crippen molar-refractivity contribution in [3.63, 3.8) is 0 Å². The lowest BCUT2D eigenvalue weighted by Gasteiger charge is -2.07. The molecule has 1 aromatic rings. The number of hydrogen-bond donors (Lipinski definition) is 3. The molecular weight excluding hydrogens is 193 g/mol. The van der Waals surface area contributed by atoms with Gasteiger partial charge in [0.05, 0.1) is 12.0 Å². The topological polar surface area (TPSA) is 95.1 Å². The molecule has 0 saturated carbocycles. The van der Waals surface area contributed by atoms with Crippen LogP contribution in [0.2, 0.25) is 0 Å². The molecule has 13 heavy (non-hydrogen) atoms. The van der Waals surface area contributed by atoms with Crippen molar-refractivity contribution in [1.29, 1.82) is 0 Å². The maximum absolute atomic E-state index is 10.6. The van der Waals surface area contributed by atoms with E-state index < -0.39 is 20.6 Å². The average Bonchev–Trinajstić information content (AvgIpc) is 2.56. The average molecular weight is 203 g/mol. The van der Waals surface area contributed by atoms with Gasteiger partial charge in [-0.25, -0.2) is 4.98 Å². The Balaban J connectivity index is 2.57. The molecule has 2 unspecified atom stereocenters. The maximum Gasteiger partial charge on any atom is 0.321 e. The predicted octanol–water partition coefficient (Wildman–Crippen LogP) is -0.334. The van der Waals surface area contributed by atoms with Crippen LogP contribution in [-0.2, 0) is 15.8 Å². The normalized spacial score (nSPS) is 13.5.